The van der Waals surface area contributed by atoms with Gasteiger partial charge in [-0.2, -0.15) is 0 Å². The molecule has 5 heteroatoms. The number of fused-ring (bicyclic) bond motifs is 1. The molecular formula is C13H13N3O2. The number of nitrogens with zero attached hydrogens (tertiary/aromatic N) is 2. The Labute approximate surface area is 103 Å². The van der Waals surface area contributed by atoms with E-state index in [0.29, 0.717) is 5.39 Å². The molecule has 0 spiro atoms. The standard InChI is InChI=1S/C13H13N3O2/c1-8(17)15-11-12(18)10-6-4-3-5-9(10)7-16(2)13(11)14/h3-7,14,18H,1-2H3. The van der Waals surface area contributed by atoms with Gasteiger partial charge in [0, 0.05) is 30.9 Å². The van der Waals surface area contributed by atoms with Gasteiger partial charge in [-0.25, -0.2) is 4.99 Å². The van der Waals surface area contributed by atoms with Crippen molar-refractivity contribution in [3.8, 4) is 5.75 Å². The van der Waals surface area contributed by atoms with Gasteiger partial charge in [-0.3, -0.25) is 10.2 Å². The van der Waals surface area contributed by atoms with Gasteiger partial charge in [-0.1, -0.05) is 24.3 Å². The van der Waals surface area contributed by atoms with Gasteiger partial charge in [0.2, 0.25) is 5.91 Å². The topological polar surface area (TPSA) is 78.4 Å². The van der Waals surface area contributed by atoms with Gasteiger partial charge in [-0.05, 0) is 0 Å². The Kier molecular flexibility index (Phi) is 2.97. The number of aromatic hydroxyl groups is 1. The Bertz CT molecular complexity index is 760. The van der Waals surface area contributed by atoms with E-state index in [4.69, 9.17) is 5.41 Å². The summed E-state index contributed by atoms with van der Waals surface area (Å²) in [5.41, 5.74) is -0.0149. The summed E-state index contributed by atoms with van der Waals surface area (Å²) in [4.78, 5) is 14.8. The van der Waals surface area contributed by atoms with Gasteiger partial charge in [0.05, 0.1) is 0 Å². The second-order valence-corrected chi connectivity index (χ2v) is 4.00. The Balaban J connectivity index is 3.14. The monoisotopic (exact) mass is 243 g/mol. The molecule has 2 N–H and O–H groups in total. The van der Waals surface area contributed by atoms with Crippen molar-refractivity contribution >= 4 is 16.7 Å². The fourth-order valence-electron chi connectivity index (χ4n) is 1.77. The zero-order chi connectivity index (χ0) is 13.3. The zero-order valence-corrected chi connectivity index (χ0v) is 10.1. The maximum absolute atomic E-state index is 11.1. The van der Waals surface area contributed by atoms with Gasteiger partial charge in [0.1, 0.15) is 0 Å². The summed E-state index contributed by atoms with van der Waals surface area (Å²) in [6, 6.07) is 7.17. The van der Waals surface area contributed by atoms with Crippen LogP contribution in [0, 0.1) is 5.41 Å². The van der Waals surface area contributed by atoms with Crippen molar-refractivity contribution in [2.75, 3.05) is 0 Å². The fraction of sp³-hybridized carbons (Fsp3) is 0.154. The molecule has 0 aliphatic carbocycles. The summed E-state index contributed by atoms with van der Waals surface area (Å²) < 4.78 is 1.52. The summed E-state index contributed by atoms with van der Waals surface area (Å²) in [7, 11) is 1.67. The average Bonchev–Trinajstić information content (AvgIpc) is 2.41. The van der Waals surface area contributed by atoms with Gasteiger partial charge in [0.15, 0.2) is 16.6 Å². The van der Waals surface area contributed by atoms with Crippen LogP contribution in [0.4, 0.5) is 0 Å². The second-order valence-electron chi connectivity index (χ2n) is 4.00. The molecule has 1 aromatic carbocycles. The van der Waals surface area contributed by atoms with Crippen LogP contribution in [-0.4, -0.2) is 15.6 Å². The highest BCUT2D eigenvalue weighted by molar-refractivity contribution is 5.86. The molecule has 1 aromatic heterocycles. The van der Waals surface area contributed by atoms with Crippen molar-refractivity contribution in [1.29, 1.82) is 5.41 Å². The molecule has 1 amide bonds. The molecular weight excluding hydrogens is 230 g/mol. The molecule has 0 bridgehead atoms. The van der Waals surface area contributed by atoms with E-state index in [9.17, 15) is 9.90 Å². The van der Waals surface area contributed by atoms with E-state index in [1.54, 1.807) is 25.4 Å². The molecule has 0 aliphatic heterocycles. The number of carbonyl (C=O) groups is 1. The lowest BCUT2D eigenvalue weighted by atomic mass is 10.2. The number of rotatable bonds is 0. The van der Waals surface area contributed by atoms with Crippen molar-refractivity contribution in [2.24, 2.45) is 12.0 Å². The SMILES string of the molecule is CC(=O)N=c1c(O)c2ccccc2cn(C)c1=N. The Morgan fingerprint density at radius 3 is 2.72 bits per heavy atom. The minimum Gasteiger partial charge on any atom is -0.505 e. The lowest BCUT2D eigenvalue weighted by Gasteiger charge is -1.93. The summed E-state index contributed by atoms with van der Waals surface area (Å²) >= 11 is 0. The highest BCUT2D eigenvalue weighted by Crippen LogP contribution is 2.17. The van der Waals surface area contributed by atoms with Gasteiger partial charge in [-0.15, -0.1) is 0 Å². The molecule has 0 saturated heterocycles. The minimum atomic E-state index is -0.450. The van der Waals surface area contributed by atoms with Crippen LogP contribution in [0.1, 0.15) is 6.92 Å². The smallest absolute Gasteiger partial charge is 0.243 e. The molecule has 0 atom stereocenters. The van der Waals surface area contributed by atoms with Crippen molar-refractivity contribution in [2.45, 2.75) is 6.92 Å². The molecule has 0 unspecified atom stereocenters. The van der Waals surface area contributed by atoms with Crippen molar-refractivity contribution in [1.82, 2.24) is 4.57 Å². The molecule has 2 aromatic rings. The van der Waals surface area contributed by atoms with Gasteiger partial charge in [0.25, 0.3) is 0 Å². The largest absolute Gasteiger partial charge is 0.505 e. The highest BCUT2D eigenvalue weighted by atomic mass is 16.3. The van der Waals surface area contributed by atoms with Crippen LogP contribution in [0.2, 0.25) is 0 Å². The Morgan fingerprint density at radius 1 is 1.39 bits per heavy atom. The quantitative estimate of drug-likeness (QED) is 0.718. The van der Waals surface area contributed by atoms with E-state index in [1.807, 2.05) is 12.1 Å². The Hall–Kier alpha value is -2.43. The van der Waals surface area contributed by atoms with Crippen LogP contribution >= 0.6 is 0 Å². The zero-order valence-electron chi connectivity index (χ0n) is 10.1. The van der Waals surface area contributed by atoms with E-state index in [2.05, 4.69) is 4.99 Å². The number of benzene rings is 1. The fourth-order valence-corrected chi connectivity index (χ4v) is 1.77. The van der Waals surface area contributed by atoms with E-state index in [1.165, 1.54) is 11.5 Å². The van der Waals surface area contributed by atoms with Crippen molar-refractivity contribution in [3.63, 3.8) is 0 Å². The maximum Gasteiger partial charge on any atom is 0.243 e. The molecule has 92 valence electrons. The number of amides is 1. The first-order valence-corrected chi connectivity index (χ1v) is 5.42. The third-order valence-corrected chi connectivity index (χ3v) is 2.62. The number of nitrogens with one attached hydrogen (secondary N) is 1. The predicted molar refractivity (Wildman–Crippen MR) is 66.7 cm³/mol. The lowest BCUT2D eigenvalue weighted by molar-refractivity contribution is -0.116. The highest BCUT2D eigenvalue weighted by Gasteiger charge is 2.04. The summed E-state index contributed by atoms with van der Waals surface area (Å²) in [5.74, 6) is -0.597. The van der Waals surface area contributed by atoms with Gasteiger partial charge < -0.3 is 9.67 Å². The van der Waals surface area contributed by atoms with E-state index >= 15 is 0 Å². The second kappa shape index (κ2) is 4.44. The van der Waals surface area contributed by atoms with E-state index in [-0.39, 0.29) is 16.6 Å². The molecule has 2 rings (SSSR count). The molecule has 18 heavy (non-hydrogen) atoms. The van der Waals surface area contributed by atoms with Crippen LogP contribution in [-0.2, 0) is 11.8 Å². The minimum absolute atomic E-state index is 0.00815. The molecule has 0 radical (unpaired) electrons. The summed E-state index contributed by atoms with van der Waals surface area (Å²) in [6.45, 7) is 1.29. The molecule has 0 aliphatic rings. The van der Waals surface area contributed by atoms with E-state index < -0.39 is 5.91 Å². The first-order valence-electron chi connectivity index (χ1n) is 5.42. The number of hydrogen-bond acceptors (Lipinski definition) is 3. The van der Waals surface area contributed by atoms with Crippen molar-refractivity contribution < 1.29 is 9.90 Å². The summed E-state index contributed by atoms with van der Waals surface area (Å²) in [5, 5.41) is 19.4. The maximum atomic E-state index is 11.1. The number of aromatic nitrogens is 1. The van der Waals surface area contributed by atoms with Crippen LogP contribution in [0.5, 0.6) is 5.75 Å². The molecule has 5 nitrogen and oxygen atoms in total. The molecule has 0 saturated carbocycles. The van der Waals surface area contributed by atoms with Crippen LogP contribution in [0.3, 0.4) is 0 Å². The van der Waals surface area contributed by atoms with E-state index in [0.717, 1.165) is 5.39 Å². The van der Waals surface area contributed by atoms with Crippen LogP contribution < -0.4 is 10.8 Å². The normalized spacial score (nSPS) is 11.8. The molecule has 1 heterocycles. The average molecular weight is 243 g/mol. The van der Waals surface area contributed by atoms with Crippen molar-refractivity contribution in [3.05, 3.63) is 41.3 Å². The van der Waals surface area contributed by atoms with Crippen LogP contribution in [0.25, 0.3) is 10.8 Å². The first-order chi connectivity index (χ1) is 8.50. The Morgan fingerprint density at radius 2 is 2.06 bits per heavy atom. The van der Waals surface area contributed by atoms with Gasteiger partial charge >= 0.3 is 0 Å². The summed E-state index contributed by atoms with van der Waals surface area (Å²) in [6.07, 6.45) is 1.72. The number of hydrogen-bond donors (Lipinski definition) is 2. The lowest BCUT2D eigenvalue weighted by Crippen LogP contribution is -2.31. The number of carbonyl (C=O) groups excluding carboxylic acids is 1. The third-order valence-electron chi connectivity index (χ3n) is 2.62. The first kappa shape index (κ1) is 12.0. The third kappa shape index (κ3) is 2.02. The number of aryl methyl sites for hydroxylation is 1. The molecule has 0 fully saturated rings. The predicted octanol–water partition coefficient (Wildman–Crippen LogP) is 0.811. The van der Waals surface area contributed by atoms with Crippen LogP contribution in [0.15, 0.2) is 35.5 Å².